The molecule has 1 aromatic carbocycles. The zero-order valence-corrected chi connectivity index (χ0v) is 18.3. The molecule has 12 heteroatoms. The van der Waals surface area contributed by atoms with E-state index >= 15 is 0 Å². The van der Waals surface area contributed by atoms with E-state index in [0.717, 1.165) is 11.7 Å². The minimum atomic E-state index is -3.65. The molecule has 0 saturated carbocycles. The fourth-order valence-electron chi connectivity index (χ4n) is 3.27. The van der Waals surface area contributed by atoms with Gasteiger partial charge in [0, 0.05) is 39.1 Å². The number of carbonyl (C=O) groups is 1. The van der Waals surface area contributed by atoms with Gasteiger partial charge in [-0.25, -0.2) is 8.42 Å². The van der Waals surface area contributed by atoms with Crippen molar-refractivity contribution in [3.05, 3.63) is 35.2 Å². The molecule has 0 bridgehead atoms. The number of piperazine rings is 1. The third-order valence-electron chi connectivity index (χ3n) is 4.89. The molecule has 0 radical (unpaired) electrons. The van der Waals surface area contributed by atoms with Gasteiger partial charge in [-0.1, -0.05) is 6.07 Å². The van der Waals surface area contributed by atoms with Crippen LogP contribution in [-0.4, -0.2) is 65.0 Å². The van der Waals surface area contributed by atoms with Gasteiger partial charge in [0.15, 0.2) is 0 Å². The van der Waals surface area contributed by atoms with E-state index in [-0.39, 0.29) is 17.2 Å². The number of hydrogen-bond donors (Lipinski definition) is 1. The molecular formula is C18H18N6O3S3. The van der Waals surface area contributed by atoms with E-state index in [9.17, 15) is 13.2 Å². The Morgan fingerprint density at radius 1 is 1.20 bits per heavy atom. The van der Waals surface area contributed by atoms with Crippen LogP contribution in [0.1, 0.15) is 12.0 Å². The zero-order chi connectivity index (χ0) is 21.1. The number of hydrogen-bond acceptors (Lipinski definition) is 9. The average Bonchev–Trinajstić information content (AvgIpc) is 3.41. The number of sulfonamides is 1. The molecule has 9 nitrogen and oxygen atoms in total. The molecule has 1 aliphatic heterocycles. The van der Waals surface area contributed by atoms with Gasteiger partial charge >= 0.3 is 0 Å². The second kappa shape index (κ2) is 8.75. The number of aromatic nitrogens is 2. The largest absolute Gasteiger partial charge is 0.317 e. The number of rotatable bonds is 6. The summed E-state index contributed by atoms with van der Waals surface area (Å²) >= 11 is 2.31. The van der Waals surface area contributed by atoms with Crippen LogP contribution in [0.25, 0.3) is 11.0 Å². The first-order valence-electron chi connectivity index (χ1n) is 9.20. The molecule has 4 rings (SSSR count). The van der Waals surface area contributed by atoms with Gasteiger partial charge in [-0.05, 0) is 23.6 Å². The summed E-state index contributed by atoms with van der Waals surface area (Å²) in [4.78, 5) is 14.4. The molecule has 1 N–H and O–H groups in total. The molecule has 3 aromatic rings. The Balaban J connectivity index is 1.32. The lowest BCUT2D eigenvalue weighted by molar-refractivity contribution is -0.116. The molecule has 3 heterocycles. The van der Waals surface area contributed by atoms with Crippen LogP contribution in [0, 0.1) is 11.3 Å². The maximum atomic E-state index is 13.1. The van der Waals surface area contributed by atoms with Crippen LogP contribution in [-0.2, 0) is 14.8 Å². The van der Waals surface area contributed by atoms with Gasteiger partial charge in [0.05, 0.1) is 17.3 Å². The normalized spacial score (nSPS) is 15.8. The number of nitrogens with one attached hydrogen (secondary N) is 1. The van der Waals surface area contributed by atoms with Gasteiger partial charge < -0.3 is 10.2 Å². The molecule has 1 amide bonds. The summed E-state index contributed by atoms with van der Waals surface area (Å²) < 4.78 is 35.8. The number of amides is 1. The van der Waals surface area contributed by atoms with Gasteiger partial charge in [-0.3, -0.25) is 4.79 Å². The predicted octanol–water partition coefficient (Wildman–Crippen LogP) is 1.96. The summed E-state index contributed by atoms with van der Waals surface area (Å²) in [5.74, 6) is -0.160. The highest BCUT2D eigenvalue weighted by molar-refractivity contribution is 7.89. The molecular weight excluding hydrogens is 444 g/mol. The van der Waals surface area contributed by atoms with E-state index in [1.54, 1.807) is 29.6 Å². The SMILES string of the molecule is N#Cc1ccsc1NC(=O)CCN1CCN(S(=O)(=O)c2cccc3nsnc23)CC1. The predicted molar refractivity (Wildman–Crippen MR) is 115 cm³/mol. The fraction of sp³-hybridized carbons (Fsp3) is 0.333. The van der Waals surface area contributed by atoms with E-state index in [4.69, 9.17) is 5.26 Å². The van der Waals surface area contributed by atoms with Gasteiger partial charge in [-0.15, -0.1) is 11.3 Å². The number of nitriles is 1. The summed E-state index contributed by atoms with van der Waals surface area (Å²) in [6, 6.07) is 8.70. The van der Waals surface area contributed by atoms with Crippen molar-refractivity contribution < 1.29 is 13.2 Å². The third kappa shape index (κ3) is 4.21. The van der Waals surface area contributed by atoms with Gasteiger partial charge in [0.25, 0.3) is 0 Å². The summed E-state index contributed by atoms with van der Waals surface area (Å²) in [7, 11) is -3.65. The van der Waals surface area contributed by atoms with E-state index in [1.807, 2.05) is 6.07 Å². The van der Waals surface area contributed by atoms with E-state index in [0.29, 0.717) is 54.3 Å². The molecule has 2 aromatic heterocycles. The highest BCUT2D eigenvalue weighted by Crippen LogP contribution is 2.25. The third-order valence-corrected chi connectivity index (χ3v) is 8.19. The van der Waals surface area contributed by atoms with Crippen LogP contribution < -0.4 is 5.32 Å². The monoisotopic (exact) mass is 462 g/mol. The second-order valence-corrected chi connectivity index (χ2v) is 10.1. The molecule has 0 atom stereocenters. The summed E-state index contributed by atoms with van der Waals surface area (Å²) in [6.07, 6.45) is 0.277. The van der Waals surface area contributed by atoms with Crippen molar-refractivity contribution in [3.63, 3.8) is 0 Å². The lowest BCUT2D eigenvalue weighted by Crippen LogP contribution is -2.49. The minimum absolute atomic E-state index is 0.160. The van der Waals surface area contributed by atoms with Gasteiger partial charge in [0.2, 0.25) is 15.9 Å². The molecule has 1 fully saturated rings. The van der Waals surface area contributed by atoms with Crippen LogP contribution >= 0.6 is 23.1 Å². The first-order valence-corrected chi connectivity index (χ1v) is 12.3. The number of carbonyl (C=O) groups excluding carboxylic acids is 1. The Labute approximate surface area is 181 Å². The quantitative estimate of drug-likeness (QED) is 0.595. The van der Waals surface area contributed by atoms with Crippen molar-refractivity contribution in [3.8, 4) is 6.07 Å². The van der Waals surface area contributed by atoms with E-state index in [1.165, 1.54) is 15.6 Å². The Morgan fingerprint density at radius 2 is 2.00 bits per heavy atom. The number of anilines is 1. The zero-order valence-electron chi connectivity index (χ0n) is 15.8. The van der Waals surface area contributed by atoms with Crippen molar-refractivity contribution in [1.82, 2.24) is 18.0 Å². The van der Waals surface area contributed by atoms with Gasteiger partial charge in [-0.2, -0.15) is 18.3 Å². The van der Waals surface area contributed by atoms with Crippen LogP contribution in [0.5, 0.6) is 0 Å². The maximum absolute atomic E-state index is 13.1. The average molecular weight is 463 g/mol. The lowest BCUT2D eigenvalue weighted by Gasteiger charge is -2.33. The Hall–Kier alpha value is -2.43. The number of benzene rings is 1. The summed E-state index contributed by atoms with van der Waals surface area (Å²) in [5, 5.41) is 14.1. The summed E-state index contributed by atoms with van der Waals surface area (Å²) in [5.41, 5.74) is 1.44. The fourth-order valence-corrected chi connectivity index (χ4v) is 6.19. The standard InChI is InChI=1S/C18H18N6O3S3/c19-12-13-5-11-28-18(13)20-16(25)4-6-23-7-9-24(10-8-23)30(26,27)15-3-1-2-14-17(15)22-29-21-14/h1-3,5,11H,4,6-10H2,(H,20,25). The lowest BCUT2D eigenvalue weighted by atomic mass is 10.3. The molecule has 1 aliphatic rings. The highest BCUT2D eigenvalue weighted by atomic mass is 32.2. The van der Waals surface area contributed by atoms with Crippen LogP contribution in [0.4, 0.5) is 5.00 Å². The smallest absolute Gasteiger partial charge is 0.245 e. The van der Waals surface area contributed by atoms with Gasteiger partial charge in [0.1, 0.15) is 27.0 Å². The molecule has 0 unspecified atom stereocenters. The van der Waals surface area contributed by atoms with Crippen molar-refractivity contribution in [2.45, 2.75) is 11.3 Å². The molecule has 30 heavy (non-hydrogen) atoms. The molecule has 156 valence electrons. The van der Waals surface area contributed by atoms with E-state index in [2.05, 4.69) is 19.0 Å². The second-order valence-electron chi connectivity index (χ2n) is 6.71. The number of fused-ring (bicyclic) bond motifs is 1. The van der Waals surface area contributed by atoms with Crippen LogP contribution in [0.2, 0.25) is 0 Å². The number of nitrogens with zero attached hydrogens (tertiary/aromatic N) is 5. The molecule has 0 aliphatic carbocycles. The van der Waals surface area contributed by atoms with Crippen molar-refractivity contribution >= 4 is 55.0 Å². The topological polar surface area (TPSA) is 119 Å². The Kier molecular flexibility index (Phi) is 6.07. The van der Waals surface area contributed by atoms with Crippen molar-refractivity contribution in [1.29, 1.82) is 5.26 Å². The van der Waals surface area contributed by atoms with Crippen molar-refractivity contribution in [2.24, 2.45) is 0 Å². The van der Waals surface area contributed by atoms with E-state index < -0.39 is 10.0 Å². The van der Waals surface area contributed by atoms with Crippen LogP contribution in [0.15, 0.2) is 34.5 Å². The molecule has 0 spiro atoms. The first kappa shape index (κ1) is 20.8. The number of thiophene rings is 1. The Morgan fingerprint density at radius 3 is 2.77 bits per heavy atom. The van der Waals surface area contributed by atoms with Crippen molar-refractivity contribution in [2.75, 3.05) is 38.0 Å². The minimum Gasteiger partial charge on any atom is -0.317 e. The summed E-state index contributed by atoms with van der Waals surface area (Å²) in [6.45, 7) is 2.31. The maximum Gasteiger partial charge on any atom is 0.245 e. The molecule has 1 saturated heterocycles. The Bertz CT molecular complexity index is 1210. The first-order chi connectivity index (χ1) is 14.5. The van der Waals surface area contributed by atoms with Crippen LogP contribution in [0.3, 0.4) is 0 Å². The highest BCUT2D eigenvalue weighted by Gasteiger charge is 2.30.